The van der Waals surface area contributed by atoms with E-state index in [2.05, 4.69) is 0 Å². The van der Waals surface area contributed by atoms with Crippen LogP contribution in [0.3, 0.4) is 0 Å². The highest BCUT2D eigenvalue weighted by Crippen LogP contribution is 2.17. The molecular weight excluding hydrogens is 348 g/mol. The van der Waals surface area contributed by atoms with E-state index in [9.17, 15) is 4.79 Å². The molecule has 0 N–H and O–H groups in total. The summed E-state index contributed by atoms with van der Waals surface area (Å²) in [4.78, 5) is 11.9. The minimum Gasteiger partial charge on any atom is -0.453 e. The third-order valence-electron chi connectivity index (χ3n) is 4.20. The predicted octanol–water partition coefficient (Wildman–Crippen LogP) is 2.70. The summed E-state index contributed by atoms with van der Waals surface area (Å²) < 4.78 is 27.6. The second-order valence-electron chi connectivity index (χ2n) is 6.21. The Morgan fingerprint density at radius 1 is 1.00 bits per heavy atom. The number of carbonyl (C=O) groups is 1. The van der Waals surface area contributed by atoms with E-state index in [-0.39, 0.29) is 13.2 Å². The van der Waals surface area contributed by atoms with Crippen molar-refractivity contribution in [1.82, 2.24) is 0 Å². The molecule has 1 aliphatic rings. The van der Waals surface area contributed by atoms with Crippen molar-refractivity contribution in [1.29, 1.82) is 0 Å². The standard InChI is InChI=1S/C21H24O6/c1-23-21-20(22)27-19(15-26-21)18(25-13-17-10-6-3-7-11-17)14-24-12-16-8-4-2-5-9-16/h2-11,18-19,21H,12-15H2,1H3/t18-,19-,21-/m1/s1. The van der Waals surface area contributed by atoms with Crippen molar-refractivity contribution in [2.75, 3.05) is 20.3 Å². The fourth-order valence-electron chi connectivity index (χ4n) is 2.74. The summed E-state index contributed by atoms with van der Waals surface area (Å²) in [5.41, 5.74) is 2.10. The Balaban J connectivity index is 1.58. The number of esters is 1. The van der Waals surface area contributed by atoms with Crippen LogP contribution in [-0.2, 0) is 41.7 Å². The number of methoxy groups -OCH3 is 1. The third kappa shape index (κ3) is 5.87. The number of hydrogen-bond acceptors (Lipinski definition) is 6. The number of carbonyl (C=O) groups excluding carboxylic acids is 1. The van der Waals surface area contributed by atoms with Crippen LogP contribution in [0, 0.1) is 0 Å². The van der Waals surface area contributed by atoms with Gasteiger partial charge in [0.15, 0.2) is 6.10 Å². The summed E-state index contributed by atoms with van der Waals surface area (Å²) in [6.45, 7) is 1.31. The molecule has 0 spiro atoms. The number of benzene rings is 2. The molecule has 0 radical (unpaired) electrons. The maximum absolute atomic E-state index is 11.9. The lowest BCUT2D eigenvalue weighted by Crippen LogP contribution is -2.48. The summed E-state index contributed by atoms with van der Waals surface area (Å²) >= 11 is 0. The SMILES string of the molecule is CO[C@@H]1OC[C@H]([C@@H](COCc2ccccc2)OCc2ccccc2)OC1=O. The van der Waals surface area contributed by atoms with E-state index < -0.39 is 24.5 Å². The largest absolute Gasteiger partial charge is 0.453 e. The Kier molecular flexibility index (Phi) is 7.36. The molecule has 6 nitrogen and oxygen atoms in total. The monoisotopic (exact) mass is 372 g/mol. The molecule has 1 heterocycles. The Labute approximate surface area is 158 Å². The Hall–Kier alpha value is -2.25. The van der Waals surface area contributed by atoms with Gasteiger partial charge in [-0.2, -0.15) is 0 Å². The van der Waals surface area contributed by atoms with Crippen LogP contribution in [0.25, 0.3) is 0 Å². The van der Waals surface area contributed by atoms with Gasteiger partial charge < -0.3 is 23.7 Å². The van der Waals surface area contributed by atoms with E-state index >= 15 is 0 Å². The molecule has 1 aliphatic heterocycles. The summed E-state index contributed by atoms with van der Waals surface area (Å²) in [6, 6.07) is 19.7. The van der Waals surface area contributed by atoms with Gasteiger partial charge in [0, 0.05) is 7.11 Å². The maximum Gasteiger partial charge on any atom is 0.363 e. The molecule has 0 aromatic heterocycles. The molecule has 2 aromatic rings. The van der Waals surface area contributed by atoms with Gasteiger partial charge in [0.2, 0.25) is 0 Å². The number of cyclic esters (lactones) is 1. The van der Waals surface area contributed by atoms with Crippen LogP contribution in [0.5, 0.6) is 0 Å². The minimum atomic E-state index is -0.985. The van der Waals surface area contributed by atoms with Crippen molar-refractivity contribution in [3.8, 4) is 0 Å². The molecule has 0 bridgehead atoms. The van der Waals surface area contributed by atoms with Crippen LogP contribution in [0.4, 0.5) is 0 Å². The summed E-state index contributed by atoms with van der Waals surface area (Å²) in [5.74, 6) is -0.551. The van der Waals surface area contributed by atoms with Gasteiger partial charge in [-0.25, -0.2) is 4.79 Å². The smallest absolute Gasteiger partial charge is 0.363 e. The van der Waals surface area contributed by atoms with E-state index in [1.807, 2.05) is 60.7 Å². The van der Waals surface area contributed by atoms with Gasteiger partial charge in [0.1, 0.15) is 6.10 Å². The zero-order valence-corrected chi connectivity index (χ0v) is 15.3. The van der Waals surface area contributed by atoms with E-state index in [1.165, 1.54) is 7.11 Å². The van der Waals surface area contributed by atoms with Gasteiger partial charge in [-0.15, -0.1) is 0 Å². The quantitative estimate of drug-likeness (QED) is 0.631. The molecule has 27 heavy (non-hydrogen) atoms. The number of ether oxygens (including phenoxy) is 5. The predicted molar refractivity (Wildman–Crippen MR) is 97.7 cm³/mol. The first-order valence-corrected chi connectivity index (χ1v) is 8.88. The van der Waals surface area contributed by atoms with Crippen molar-refractivity contribution in [2.24, 2.45) is 0 Å². The molecule has 0 aliphatic carbocycles. The summed E-state index contributed by atoms with van der Waals surface area (Å²) in [7, 11) is 1.40. The minimum absolute atomic E-state index is 0.193. The summed E-state index contributed by atoms with van der Waals surface area (Å²) in [6.07, 6.45) is -1.99. The molecule has 1 fully saturated rings. The lowest BCUT2D eigenvalue weighted by molar-refractivity contribution is -0.239. The molecule has 3 rings (SSSR count). The second-order valence-corrected chi connectivity index (χ2v) is 6.21. The molecular formula is C21H24O6. The van der Waals surface area contributed by atoms with E-state index in [1.54, 1.807) is 0 Å². The van der Waals surface area contributed by atoms with E-state index in [0.29, 0.717) is 13.2 Å². The first-order valence-electron chi connectivity index (χ1n) is 8.88. The normalized spacial score (nSPS) is 20.9. The molecule has 0 amide bonds. The van der Waals surface area contributed by atoms with Crippen molar-refractivity contribution in [3.05, 3.63) is 71.8 Å². The fraction of sp³-hybridized carbons (Fsp3) is 0.381. The number of hydrogen-bond donors (Lipinski definition) is 0. The molecule has 0 unspecified atom stereocenters. The zero-order chi connectivity index (χ0) is 18.9. The highest BCUT2D eigenvalue weighted by Gasteiger charge is 2.36. The van der Waals surface area contributed by atoms with Crippen LogP contribution >= 0.6 is 0 Å². The average Bonchev–Trinajstić information content (AvgIpc) is 2.72. The topological polar surface area (TPSA) is 63.2 Å². The van der Waals surface area contributed by atoms with Gasteiger partial charge in [0.05, 0.1) is 26.4 Å². The lowest BCUT2D eigenvalue weighted by Gasteiger charge is -2.32. The Morgan fingerprint density at radius 2 is 1.63 bits per heavy atom. The maximum atomic E-state index is 11.9. The number of rotatable bonds is 9. The van der Waals surface area contributed by atoms with E-state index in [0.717, 1.165) is 11.1 Å². The first-order chi connectivity index (χ1) is 13.3. The zero-order valence-electron chi connectivity index (χ0n) is 15.3. The van der Waals surface area contributed by atoms with Crippen molar-refractivity contribution in [3.63, 3.8) is 0 Å². The highest BCUT2D eigenvalue weighted by atomic mass is 16.7. The van der Waals surface area contributed by atoms with Crippen molar-refractivity contribution >= 4 is 5.97 Å². The molecule has 0 saturated carbocycles. The second kappa shape index (κ2) is 10.2. The first kappa shape index (κ1) is 19.5. The fourth-order valence-corrected chi connectivity index (χ4v) is 2.74. The van der Waals surface area contributed by atoms with E-state index in [4.69, 9.17) is 23.7 Å². The lowest BCUT2D eigenvalue weighted by atomic mass is 10.2. The van der Waals surface area contributed by atoms with Gasteiger partial charge >= 0.3 is 5.97 Å². The van der Waals surface area contributed by atoms with Crippen LogP contribution in [0.2, 0.25) is 0 Å². The molecule has 2 aromatic carbocycles. The van der Waals surface area contributed by atoms with Gasteiger partial charge in [-0.05, 0) is 11.1 Å². The van der Waals surface area contributed by atoms with Crippen molar-refractivity contribution < 1.29 is 28.5 Å². The van der Waals surface area contributed by atoms with Gasteiger partial charge in [0.25, 0.3) is 6.29 Å². The van der Waals surface area contributed by atoms with Crippen LogP contribution in [-0.4, -0.2) is 44.8 Å². The molecule has 3 atom stereocenters. The third-order valence-corrected chi connectivity index (χ3v) is 4.20. The van der Waals surface area contributed by atoms with Gasteiger partial charge in [-0.3, -0.25) is 0 Å². The molecule has 1 saturated heterocycles. The van der Waals surface area contributed by atoms with Crippen molar-refractivity contribution in [2.45, 2.75) is 31.7 Å². The molecule has 144 valence electrons. The Morgan fingerprint density at radius 3 is 2.22 bits per heavy atom. The summed E-state index contributed by atoms with van der Waals surface area (Å²) in [5, 5.41) is 0. The molecule has 6 heteroatoms. The average molecular weight is 372 g/mol. The van der Waals surface area contributed by atoms with Crippen LogP contribution < -0.4 is 0 Å². The Bertz CT molecular complexity index is 690. The van der Waals surface area contributed by atoms with Crippen LogP contribution in [0.15, 0.2) is 60.7 Å². The van der Waals surface area contributed by atoms with Gasteiger partial charge in [-0.1, -0.05) is 60.7 Å². The highest BCUT2D eigenvalue weighted by molar-refractivity contribution is 5.74. The van der Waals surface area contributed by atoms with Crippen LogP contribution in [0.1, 0.15) is 11.1 Å².